The van der Waals surface area contributed by atoms with Gasteiger partial charge < -0.3 is 0 Å². The molecule has 2 rings (SSSR count). The van der Waals surface area contributed by atoms with Crippen LogP contribution >= 0.6 is 20.8 Å². The summed E-state index contributed by atoms with van der Waals surface area (Å²) in [6, 6.07) is 22.4. The van der Waals surface area contributed by atoms with Crippen molar-refractivity contribution in [2.24, 2.45) is 0 Å². The van der Waals surface area contributed by atoms with E-state index in [0.717, 1.165) is 0 Å². The number of benzene rings is 2. The Kier molecular flexibility index (Phi) is 8.85. The molecule has 0 atom stereocenters. The van der Waals surface area contributed by atoms with Crippen LogP contribution in [0.25, 0.3) is 0 Å². The standard InChI is InChI=1S/C24H36BrP/c1-3-5-13-19-26(25,20-14-6-4-2,21-23-15-9-7-10-16-23)22-24-17-11-8-12-18-24/h7-12,15-18H,3-6,13-14,19-22H2,1-2H3. The van der Waals surface area contributed by atoms with Crippen LogP contribution in [0.3, 0.4) is 0 Å². The minimum absolute atomic E-state index is 1.23. The Bertz CT molecular complexity index is 568. The molecule has 0 aliphatic carbocycles. The van der Waals surface area contributed by atoms with Gasteiger partial charge in [-0.05, 0) is 0 Å². The topological polar surface area (TPSA) is 0 Å². The van der Waals surface area contributed by atoms with Crippen molar-refractivity contribution >= 4 is 20.8 Å². The van der Waals surface area contributed by atoms with Crippen LogP contribution in [0.15, 0.2) is 60.7 Å². The molecule has 0 aliphatic heterocycles. The first-order valence-corrected chi connectivity index (χ1v) is 15.4. The molecule has 0 aromatic heterocycles. The SMILES string of the molecule is CCCCCP(Br)(CCCCC)(Cc1ccccc1)Cc1ccccc1. The third kappa shape index (κ3) is 6.82. The first kappa shape index (κ1) is 21.6. The van der Waals surface area contributed by atoms with E-state index < -0.39 is 5.31 Å². The van der Waals surface area contributed by atoms with Gasteiger partial charge in [0.05, 0.1) is 0 Å². The van der Waals surface area contributed by atoms with Crippen LogP contribution in [0.5, 0.6) is 0 Å². The van der Waals surface area contributed by atoms with Gasteiger partial charge in [0.1, 0.15) is 0 Å². The van der Waals surface area contributed by atoms with Crippen LogP contribution in [0, 0.1) is 0 Å². The third-order valence-corrected chi connectivity index (χ3v) is 14.3. The van der Waals surface area contributed by atoms with Crippen molar-refractivity contribution in [3.8, 4) is 0 Å². The van der Waals surface area contributed by atoms with Gasteiger partial charge in [0.2, 0.25) is 0 Å². The molecule has 0 saturated carbocycles. The van der Waals surface area contributed by atoms with Crippen LogP contribution in [-0.2, 0) is 12.3 Å². The number of rotatable bonds is 12. The summed E-state index contributed by atoms with van der Waals surface area (Å²) in [4.78, 5) is 0. The molecule has 2 aromatic rings. The summed E-state index contributed by atoms with van der Waals surface area (Å²) in [5.74, 6) is 0. The Balaban J connectivity index is 2.34. The van der Waals surface area contributed by atoms with Gasteiger partial charge in [-0.2, -0.15) is 0 Å². The molecular weight excluding hydrogens is 399 g/mol. The molecule has 144 valence electrons. The Labute approximate surface area is 169 Å². The molecule has 0 saturated heterocycles. The average molecular weight is 435 g/mol. The number of hydrogen-bond acceptors (Lipinski definition) is 0. The van der Waals surface area contributed by atoms with Crippen LogP contribution in [-0.4, -0.2) is 12.3 Å². The van der Waals surface area contributed by atoms with Crippen LogP contribution < -0.4 is 0 Å². The number of hydrogen-bond donors (Lipinski definition) is 0. The Morgan fingerprint density at radius 1 is 0.615 bits per heavy atom. The van der Waals surface area contributed by atoms with Crippen molar-refractivity contribution in [3.63, 3.8) is 0 Å². The summed E-state index contributed by atoms with van der Waals surface area (Å²) in [5.41, 5.74) is 3.01. The second kappa shape index (κ2) is 10.6. The third-order valence-electron chi connectivity index (χ3n) is 5.48. The van der Waals surface area contributed by atoms with Crippen LogP contribution in [0.2, 0.25) is 0 Å². The van der Waals surface area contributed by atoms with Crippen molar-refractivity contribution in [1.82, 2.24) is 0 Å². The quantitative estimate of drug-likeness (QED) is 0.231. The van der Waals surface area contributed by atoms with E-state index in [0.29, 0.717) is 0 Å². The summed E-state index contributed by atoms with van der Waals surface area (Å²) >= 11 is 4.56. The molecule has 0 nitrogen and oxygen atoms in total. The van der Waals surface area contributed by atoms with Gasteiger partial charge >= 0.3 is 170 Å². The van der Waals surface area contributed by atoms with Gasteiger partial charge in [-0.1, -0.05) is 0 Å². The fourth-order valence-corrected chi connectivity index (χ4v) is 12.6. The molecule has 0 bridgehead atoms. The molecule has 0 fully saturated rings. The molecule has 0 radical (unpaired) electrons. The van der Waals surface area contributed by atoms with Gasteiger partial charge in [0.25, 0.3) is 0 Å². The molecule has 0 unspecified atom stereocenters. The number of halogens is 1. The summed E-state index contributed by atoms with van der Waals surface area (Å²) < 4.78 is 0. The zero-order valence-corrected chi connectivity index (χ0v) is 19.2. The monoisotopic (exact) mass is 434 g/mol. The maximum absolute atomic E-state index is 4.56. The molecular formula is C24H36BrP. The molecule has 0 heterocycles. The van der Waals surface area contributed by atoms with Crippen molar-refractivity contribution in [2.45, 2.75) is 64.7 Å². The van der Waals surface area contributed by atoms with E-state index in [2.05, 4.69) is 90.0 Å². The van der Waals surface area contributed by atoms with Gasteiger partial charge in [-0.15, -0.1) is 0 Å². The Morgan fingerprint density at radius 2 is 1.00 bits per heavy atom. The predicted molar refractivity (Wildman–Crippen MR) is 125 cm³/mol. The molecule has 0 N–H and O–H groups in total. The maximum atomic E-state index is 4.56. The van der Waals surface area contributed by atoms with Crippen LogP contribution in [0.4, 0.5) is 0 Å². The number of unbranched alkanes of at least 4 members (excludes halogenated alkanes) is 4. The van der Waals surface area contributed by atoms with Crippen LogP contribution in [0.1, 0.15) is 63.5 Å². The van der Waals surface area contributed by atoms with Crippen molar-refractivity contribution in [1.29, 1.82) is 0 Å². The van der Waals surface area contributed by atoms with Gasteiger partial charge in [0.15, 0.2) is 0 Å². The van der Waals surface area contributed by atoms with Crippen molar-refractivity contribution < 1.29 is 0 Å². The van der Waals surface area contributed by atoms with E-state index in [1.807, 2.05) is 0 Å². The molecule has 2 aromatic carbocycles. The molecule has 0 aliphatic rings. The summed E-state index contributed by atoms with van der Waals surface area (Å²) in [5, 5.41) is -2.04. The van der Waals surface area contributed by atoms with Crippen molar-refractivity contribution in [3.05, 3.63) is 71.8 Å². The fourth-order valence-electron chi connectivity index (χ4n) is 4.08. The normalized spacial score (nSPS) is 13.3. The molecule has 0 amide bonds. The van der Waals surface area contributed by atoms with E-state index in [9.17, 15) is 0 Å². The Morgan fingerprint density at radius 3 is 1.35 bits per heavy atom. The van der Waals surface area contributed by atoms with Gasteiger partial charge in [-0.3, -0.25) is 0 Å². The van der Waals surface area contributed by atoms with Gasteiger partial charge in [0, 0.05) is 0 Å². The Hall–Kier alpha value is -0.650. The van der Waals surface area contributed by atoms with E-state index >= 15 is 0 Å². The average Bonchev–Trinajstić information content (AvgIpc) is 2.64. The molecule has 0 spiro atoms. The molecule has 26 heavy (non-hydrogen) atoms. The van der Waals surface area contributed by atoms with E-state index in [4.69, 9.17) is 0 Å². The second-order valence-electron chi connectivity index (χ2n) is 7.97. The second-order valence-corrected chi connectivity index (χ2v) is 19.2. The van der Waals surface area contributed by atoms with E-state index in [-0.39, 0.29) is 0 Å². The summed E-state index contributed by atoms with van der Waals surface area (Å²) in [6.07, 6.45) is 13.2. The minimum atomic E-state index is -2.04. The zero-order valence-electron chi connectivity index (χ0n) is 16.7. The van der Waals surface area contributed by atoms with E-state index in [1.54, 1.807) is 0 Å². The summed E-state index contributed by atoms with van der Waals surface area (Å²) in [7, 11) is 0. The first-order valence-electron chi connectivity index (χ1n) is 10.4. The fraction of sp³-hybridized carbons (Fsp3) is 0.500. The van der Waals surface area contributed by atoms with E-state index in [1.165, 1.54) is 74.3 Å². The van der Waals surface area contributed by atoms with Crippen molar-refractivity contribution in [2.75, 3.05) is 12.3 Å². The predicted octanol–water partition coefficient (Wildman–Crippen LogP) is 8.63. The first-order chi connectivity index (χ1) is 12.6. The van der Waals surface area contributed by atoms with Gasteiger partial charge in [-0.25, -0.2) is 0 Å². The summed E-state index contributed by atoms with van der Waals surface area (Å²) in [6.45, 7) is 4.63. The zero-order chi connectivity index (χ0) is 18.7. The molecule has 2 heteroatoms.